The Balaban J connectivity index is 1.45. The summed E-state index contributed by atoms with van der Waals surface area (Å²) in [6, 6.07) is 13.7. The Kier molecular flexibility index (Phi) is 7.46. The van der Waals surface area contributed by atoms with Gasteiger partial charge < -0.3 is 25.9 Å². The van der Waals surface area contributed by atoms with Gasteiger partial charge in [0, 0.05) is 62.9 Å². The molecule has 0 aliphatic heterocycles. The van der Waals surface area contributed by atoms with Gasteiger partial charge in [-0.3, -0.25) is 4.40 Å². The van der Waals surface area contributed by atoms with E-state index in [2.05, 4.69) is 25.6 Å². The van der Waals surface area contributed by atoms with Crippen molar-refractivity contribution >= 4 is 23.3 Å². The van der Waals surface area contributed by atoms with Crippen LogP contribution in [0.3, 0.4) is 0 Å². The second kappa shape index (κ2) is 11.1. The molecule has 3 heterocycles. The predicted molar refractivity (Wildman–Crippen MR) is 133 cm³/mol. The summed E-state index contributed by atoms with van der Waals surface area (Å²) >= 11 is 0. The number of aliphatic hydroxyl groups excluding tert-OH is 1. The highest BCUT2D eigenvalue weighted by molar-refractivity contribution is 6.08. The maximum absolute atomic E-state index is 8.90. The predicted octanol–water partition coefficient (Wildman–Crippen LogP) is 3.37. The standard InChI is InChI=1S/C25H27N7O2/c1-27-15-20(13-26)19-5-3-18(4-6-19)14-28-24-12-22(30-17-31-24)23-16-29-25-11-21(7-8-32(23)25)34-10-2-9-33/h3-8,11-13,15-17,26-27,33H,2,9-10,14H2,1H3,(H,28,30,31)/b20-15+,26-13?. The number of imidazole rings is 1. The third-order valence-electron chi connectivity index (χ3n) is 5.20. The lowest BCUT2D eigenvalue weighted by atomic mass is 10.1. The van der Waals surface area contributed by atoms with Crippen molar-refractivity contribution in [2.75, 3.05) is 25.6 Å². The van der Waals surface area contributed by atoms with E-state index in [1.807, 2.05) is 60.1 Å². The van der Waals surface area contributed by atoms with E-state index < -0.39 is 0 Å². The SMILES string of the molecule is CN/C=C(\C=N)c1ccc(CNc2cc(-c3cnc4cc(OCCCO)ccn34)ncn2)cc1. The molecule has 0 atom stereocenters. The van der Waals surface area contributed by atoms with Crippen molar-refractivity contribution in [3.63, 3.8) is 0 Å². The molecule has 0 bridgehead atoms. The monoisotopic (exact) mass is 457 g/mol. The largest absolute Gasteiger partial charge is 0.493 e. The third kappa shape index (κ3) is 5.38. The molecular formula is C25H27N7O2. The highest BCUT2D eigenvalue weighted by Crippen LogP contribution is 2.23. The van der Waals surface area contributed by atoms with E-state index in [1.165, 1.54) is 12.5 Å². The first-order valence-corrected chi connectivity index (χ1v) is 11.0. The number of rotatable bonds is 11. The van der Waals surface area contributed by atoms with Crippen LogP contribution in [-0.4, -0.2) is 50.9 Å². The summed E-state index contributed by atoms with van der Waals surface area (Å²) in [6.07, 6.45) is 8.92. The van der Waals surface area contributed by atoms with Gasteiger partial charge in [0.25, 0.3) is 0 Å². The van der Waals surface area contributed by atoms with Crippen LogP contribution in [-0.2, 0) is 6.54 Å². The molecule has 0 amide bonds. The van der Waals surface area contributed by atoms with Gasteiger partial charge in [0.05, 0.1) is 24.2 Å². The molecule has 3 aromatic heterocycles. The van der Waals surface area contributed by atoms with Crippen molar-refractivity contribution in [1.29, 1.82) is 5.41 Å². The number of allylic oxidation sites excluding steroid dienone is 1. The maximum Gasteiger partial charge on any atom is 0.140 e. The highest BCUT2D eigenvalue weighted by atomic mass is 16.5. The molecule has 0 saturated heterocycles. The fourth-order valence-corrected chi connectivity index (χ4v) is 3.46. The Bertz CT molecular complexity index is 1280. The normalized spacial score (nSPS) is 11.4. The van der Waals surface area contributed by atoms with Crippen molar-refractivity contribution in [3.8, 4) is 17.1 Å². The van der Waals surface area contributed by atoms with Crippen LogP contribution in [0.15, 0.2) is 67.4 Å². The Morgan fingerprint density at radius 2 is 2.00 bits per heavy atom. The lowest BCUT2D eigenvalue weighted by molar-refractivity contribution is 0.233. The molecule has 4 rings (SSSR count). The smallest absolute Gasteiger partial charge is 0.140 e. The van der Waals surface area contributed by atoms with Crippen LogP contribution < -0.4 is 15.4 Å². The summed E-state index contributed by atoms with van der Waals surface area (Å²) < 4.78 is 7.58. The Hall–Kier alpha value is -4.24. The highest BCUT2D eigenvalue weighted by Gasteiger charge is 2.10. The van der Waals surface area contributed by atoms with Crippen LogP contribution in [0.4, 0.5) is 5.82 Å². The van der Waals surface area contributed by atoms with Crippen molar-refractivity contribution in [2.24, 2.45) is 0 Å². The van der Waals surface area contributed by atoms with Gasteiger partial charge in [0.1, 0.15) is 23.5 Å². The van der Waals surface area contributed by atoms with Gasteiger partial charge in [-0.25, -0.2) is 15.0 Å². The molecule has 0 saturated carbocycles. The zero-order valence-electron chi connectivity index (χ0n) is 18.9. The first-order valence-electron chi connectivity index (χ1n) is 11.0. The zero-order chi connectivity index (χ0) is 23.8. The molecule has 174 valence electrons. The van der Waals surface area contributed by atoms with Crippen molar-refractivity contribution in [2.45, 2.75) is 13.0 Å². The van der Waals surface area contributed by atoms with Gasteiger partial charge in [-0.1, -0.05) is 24.3 Å². The van der Waals surface area contributed by atoms with Gasteiger partial charge in [0.15, 0.2) is 0 Å². The number of aliphatic hydroxyl groups is 1. The van der Waals surface area contributed by atoms with Gasteiger partial charge in [-0.15, -0.1) is 0 Å². The number of fused-ring (bicyclic) bond motifs is 1. The Morgan fingerprint density at radius 3 is 2.76 bits per heavy atom. The Morgan fingerprint density at radius 1 is 1.15 bits per heavy atom. The topological polar surface area (TPSA) is 120 Å². The van der Waals surface area contributed by atoms with Crippen LogP contribution >= 0.6 is 0 Å². The number of hydrogen-bond acceptors (Lipinski definition) is 8. The number of pyridine rings is 1. The lowest BCUT2D eigenvalue weighted by Crippen LogP contribution is -2.03. The average molecular weight is 458 g/mol. The van der Waals surface area contributed by atoms with E-state index in [1.54, 1.807) is 12.4 Å². The van der Waals surface area contributed by atoms with Crippen LogP contribution in [0, 0.1) is 5.41 Å². The van der Waals surface area contributed by atoms with E-state index in [9.17, 15) is 0 Å². The van der Waals surface area contributed by atoms with Crippen molar-refractivity contribution in [1.82, 2.24) is 24.7 Å². The lowest BCUT2D eigenvalue weighted by Gasteiger charge is -2.09. The van der Waals surface area contributed by atoms with Gasteiger partial charge >= 0.3 is 0 Å². The molecule has 9 heteroatoms. The summed E-state index contributed by atoms with van der Waals surface area (Å²) in [6.45, 7) is 1.17. The first-order chi connectivity index (χ1) is 16.7. The molecule has 0 aliphatic rings. The number of ether oxygens (including phenoxy) is 1. The third-order valence-corrected chi connectivity index (χ3v) is 5.20. The Labute approximate surface area is 197 Å². The fourth-order valence-electron chi connectivity index (χ4n) is 3.46. The summed E-state index contributed by atoms with van der Waals surface area (Å²) in [5, 5.41) is 22.7. The zero-order valence-corrected chi connectivity index (χ0v) is 18.9. The summed E-state index contributed by atoms with van der Waals surface area (Å²) in [5.41, 5.74) is 5.25. The fraction of sp³-hybridized carbons (Fsp3) is 0.200. The minimum atomic E-state index is 0.102. The molecule has 34 heavy (non-hydrogen) atoms. The molecule has 0 unspecified atom stereocenters. The van der Waals surface area contributed by atoms with Crippen LogP contribution in [0.1, 0.15) is 17.5 Å². The molecule has 9 nitrogen and oxygen atoms in total. The minimum absolute atomic E-state index is 0.102. The van der Waals surface area contributed by atoms with Crippen molar-refractivity contribution < 1.29 is 9.84 Å². The summed E-state index contributed by atoms with van der Waals surface area (Å²) in [7, 11) is 1.82. The number of anilines is 1. The second-order valence-electron chi connectivity index (χ2n) is 7.53. The van der Waals surface area contributed by atoms with Crippen LogP contribution in [0.5, 0.6) is 5.75 Å². The molecule has 0 spiro atoms. The average Bonchev–Trinajstić information content (AvgIpc) is 3.30. The maximum atomic E-state index is 8.90. The van der Waals surface area contributed by atoms with Crippen LogP contribution in [0.2, 0.25) is 0 Å². The van der Waals surface area contributed by atoms with Gasteiger partial charge in [-0.2, -0.15) is 0 Å². The van der Waals surface area contributed by atoms with Crippen molar-refractivity contribution in [3.05, 3.63) is 78.5 Å². The number of nitrogens with zero attached hydrogens (tertiary/aromatic N) is 4. The van der Waals surface area contributed by atoms with Crippen LogP contribution in [0.25, 0.3) is 22.6 Å². The molecule has 0 aliphatic carbocycles. The number of benzene rings is 1. The summed E-state index contributed by atoms with van der Waals surface area (Å²) in [4.78, 5) is 13.2. The summed E-state index contributed by atoms with van der Waals surface area (Å²) in [5.74, 6) is 1.42. The minimum Gasteiger partial charge on any atom is -0.493 e. The molecule has 4 N–H and O–H groups in total. The molecule has 4 aromatic rings. The van der Waals surface area contributed by atoms with Gasteiger partial charge in [0.2, 0.25) is 0 Å². The molecular weight excluding hydrogens is 430 g/mol. The number of nitrogens with one attached hydrogen (secondary N) is 3. The first kappa shape index (κ1) is 22.9. The van der Waals surface area contributed by atoms with E-state index in [4.69, 9.17) is 15.3 Å². The van der Waals surface area contributed by atoms with E-state index in [0.717, 1.165) is 33.7 Å². The number of aromatic nitrogens is 4. The molecule has 0 fully saturated rings. The van der Waals surface area contributed by atoms with E-state index in [0.29, 0.717) is 31.1 Å². The molecule has 1 aromatic carbocycles. The quantitative estimate of drug-likeness (QED) is 0.201. The number of hydrogen-bond donors (Lipinski definition) is 4. The van der Waals surface area contributed by atoms with E-state index >= 15 is 0 Å². The molecule has 0 radical (unpaired) electrons. The van der Waals surface area contributed by atoms with Gasteiger partial charge in [-0.05, 0) is 17.2 Å². The van der Waals surface area contributed by atoms with E-state index in [-0.39, 0.29) is 6.61 Å². The second-order valence-corrected chi connectivity index (χ2v) is 7.53.